The molecule has 1 heterocycles. The number of aryl methyl sites for hydroxylation is 1. The molecule has 0 saturated heterocycles. The summed E-state index contributed by atoms with van der Waals surface area (Å²) in [5, 5.41) is 6.15. The van der Waals surface area contributed by atoms with Gasteiger partial charge in [-0.2, -0.15) is 15.0 Å². The van der Waals surface area contributed by atoms with Crippen molar-refractivity contribution in [2.45, 2.75) is 19.9 Å². The van der Waals surface area contributed by atoms with Crippen LogP contribution >= 0.6 is 0 Å². The highest BCUT2D eigenvalue weighted by atomic mass is 16.5. The van der Waals surface area contributed by atoms with E-state index in [-0.39, 0.29) is 12.1 Å². The zero-order chi connectivity index (χ0) is 14.5. The summed E-state index contributed by atoms with van der Waals surface area (Å²) in [5.74, 6) is 0.952. The van der Waals surface area contributed by atoms with Gasteiger partial charge in [0.25, 0.3) is 0 Å². The summed E-state index contributed by atoms with van der Waals surface area (Å²) < 4.78 is 5.07. The molecule has 6 heteroatoms. The van der Waals surface area contributed by atoms with E-state index in [9.17, 15) is 0 Å². The first-order chi connectivity index (χ1) is 9.63. The van der Waals surface area contributed by atoms with E-state index in [1.165, 1.54) is 18.2 Å². The predicted molar refractivity (Wildman–Crippen MR) is 79.1 cm³/mol. The maximum absolute atomic E-state index is 5.07. The van der Waals surface area contributed by atoms with E-state index in [4.69, 9.17) is 4.74 Å². The normalized spacial score (nSPS) is 11.8. The lowest BCUT2D eigenvalue weighted by molar-refractivity contribution is 0.379. The van der Waals surface area contributed by atoms with Crippen LogP contribution in [0.15, 0.2) is 24.3 Å². The van der Waals surface area contributed by atoms with Crippen LogP contribution in [0, 0.1) is 6.92 Å². The number of anilines is 2. The van der Waals surface area contributed by atoms with Crippen LogP contribution in [0.25, 0.3) is 0 Å². The van der Waals surface area contributed by atoms with Gasteiger partial charge in [-0.3, -0.25) is 0 Å². The molecule has 0 aliphatic heterocycles. The first-order valence-electron chi connectivity index (χ1n) is 6.44. The molecule has 0 spiro atoms. The van der Waals surface area contributed by atoms with Gasteiger partial charge in [0.1, 0.15) is 0 Å². The lowest BCUT2D eigenvalue weighted by Gasteiger charge is -2.16. The Balaban J connectivity index is 2.23. The van der Waals surface area contributed by atoms with Gasteiger partial charge in [0.15, 0.2) is 0 Å². The summed E-state index contributed by atoms with van der Waals surface area (Å²) >= 11 is 0. The SMILES string of the molecule is CNc1nc(NC(C)c2ccccc2C)nc(OC)n1. The van der Waals surface area contributed by atoms with Gasteiger partial charge in [-0.25, -0.2) is 0 Å². The highest BCUT2D eigenvalue weighted by Crippen LogP contribution is 2.21. The van der Waals surface area contributed by atoms with Crippen LogP contribution in [-0.4, -0.2) is 29.1 Å². The van der Waals surface area contributed by atoms with Crippen molar-refractivity contribution in [1.82, 2.24) is 15.0 Å². The molecule has 1 atom stereocenters. The first-order valence-corrected chi connectivity index (χ1v) is 6.44. The highest BCUT2D eigenvalue weighted by Gasteiger charge is 2.11. The molecule has 0 aliphatic carbocycles. The average Bonchev–Trinajstić information content (AvgIpc) is 2.47. The molecule has 106 valence electrons. The molecule has 0 bridgehead atoms. The van der Waals surface area contributed by atoms with Crippen LogP contribution in [0.2, 0.25) is 0 Å². The van der Waals surface area contributed by atoms with Gasteiger partial charge in [0.05, 0.1) is 13.2 Å². The Hall–Kier alpha value is -2.37. The van der Waals surface area contributed by atoms with Crippen molar-refractivity contribution in [3.8, 4) is 6.01 Å². The molecule has 2 N–H and O–H groups in total. The fourth-order valence-corrected chi connectivity index (χ4v) is 1.97. The lowest BCUT2D eigenvalue weighted by Crippen LogP contribution is -2.12. The van der Waals surface area contributed by atoms with Gasteiger partial charge >= 0.3 is 6.01 Å². The second kappa shape index (κ2) is 6.18. The largest absolute Gasteiger partial charge is 0.467 e. The van der Waals surface area contributed by atoms with E-state index in [1.54, 1.807) is 7.05 Å². The Labute approximate surface area is 118 Å². The van der Waals surface area contributed by atoms with Crippen molar-refractivity contribution in [2.75, 3.05) is 24.8 Å². The molecule has 0 aliphatic rings. The monoisotopic (exact) mass is 273 g/mol. The number of hydrogen-bond acceptors (Lipinski definition) is 6. The molecule has 0 radical (unpaired) electrons. The van der Waals surface area contributed by atoms with E-state index in [2.05, 4.69) is 51.6 Å². The molecule has 2 aromatic rings. The number of benzene rings is 1. The topological polar surface area (TPSA) is 72.0 Å². The predicted octanol–water partition coefficient (Wildman–Crippen LogP) is 2.40. The number of nitrogens with one attached hydrogen (secondary N) is 2. The van der Waals surface area contributed by atoms with E-state index < -0.39 is 0 Å². The van der Waals surface area contributed by atoms with Gasteiger partial charge in [0, 0.05) is 7.05 Å². The number of nitrogens with zero attached hydrogens (tertiary/aromatic N) is 3. The molecular weight excluding hydrogens is 254 g/mol. The maximum atomic E-state index is 5.07. The Kier molecular flexibility index (Phi) is 4.34. The second-order valence-electron chi connectivity index (χ2n) is 4.44. The standard InChI is InChI=1S/C14H19N5O/c1-9-7-5-6-8-11(9)10(2)16-13-17-12(15-3)18-14(19-13)20-4/h5-8,10H,1-4H3,(H2,15,16,17,18,19). The molecule has 1 aromatic carbocycles. The Morgan fingerprint density at radius 1 is 1.10 bits per heavy atom. The number of ether oxygens (including phenoxy) is 1. The van der Waals surface area contributed by atoms with Crippen LogP contribution in [0.3, 0.4) is 0 Å². The molecule has 0 fully saturated rings. The zero-order valence-corrected chi connectivity index (χ0v) is 12.1. The quantitative estimate of drug-likeness (QED) is 0.871. The maximum Gasteiger partial charge on any atom is 0.322 e. The third-order valence-electron chi connectivity index (χ3n) is 3.02. The van der Waals surface area contributed by atoms with Gasteiger partial charge < -0.3 is 15.4 Å². The fraction of sp³-hybridized carbons (Fsp3) is 0.357. The van der Waals surface area contributed by atoms with Crippen LogP contribution in [0.5, 0.6) is 6.01 Å². The minimum atomic E-state index is 0.0908. The lowest BCUT2D eigenvalue weighted by atomic mass is 10.0. The molecule has 0 amide bonds. The number of rotatable bonds is 5. The zero-order valence-electron chi connectivity index (χ0n) is 12.1. The Bertz CT molecular complexity index is 565. The molecule has 1 unspecified atom stereocenters. The number of hydrogen-bond donors (Lipinski definition) is 2. The molecule has 20 heavy (non-hydrogen) atoms. The smallest absolute Gasteiger partial charge is 0.322 e. The minimum absolute atomic E-state index is 0.0908. The van der Waals surface area contributed by atoms with Crippen LogP contribution in [0.4, 0.5) is 11.9 Å². The summed E-state index contributed by atoms with van der Waals surface area (Å²) in [6, 6.07) is 8.59. The molecule has 0 saturated carbocycles. The first kappa shape index (κ1) is 14.0. The van der Waals surface area contributed by atoms with E-state index in [1.807, 2.05) is 12.1 Å². The molecular formula is C14H19N5O. The third kappa shape index (κ3) is 3.14. The second-order valence-corrected chi connectivity index (χ2v) is 4.44. The van der Waals surface area contributed by atoms with Crippen LogP contribution in [0.1, 0.15) is 24.1 Å². The average molecular weight is 273 g/mol. The Morgan fingerprint density at radius 3 is 2.45 bits per heavy atom. The summed E-state index contributed by atoms with van der Waals surface area (Å²) in [5.41, 5.74) is 2.43. The van der Waals surface area contributed by atoms with Gasteiger partial charge in [-0.15, -0.1) is 0 Å². The minimum Gasteiger partial charge on any atom is -0.467 e. The van der Waals surface area contributed by atoms with Gasteiger partial charge in [0.2, 0.25) is 11.9 Å². The van der Waals surface area contributed by atoms with Crippen molar-refractivity contribution < 1.29 is 4.74 Å². The van der Waals surface area contributed by atoms with Crippen LogP contribution in [-0.2, 0) is 0 Å². The number of methoxy groups -OCH3 is 1. The van der Waals surface area contributed by atoms with E-state index in [0.717, 1.165) is 0 Å². The van der Waals surface area contributed by atoms with Crippen molar-refractivity contribution in [3.05, 3.63) is 35.4 Å². The van der Waals surface area contributed by atoms with Gasteiger partial charge in [-0.1, -0.05) is 24.3 Å². The summed E-state index contributed by atoms with van der Waals surface area (Å²) in [4.78, 5) is 12.5. The molecule has 6 nitrogen and oxygen atoms in total. The fourth-order valence-electron chi connectivity index (χ4n) is 1.97. The summed E-state index contributed by atoms with van der Waals surface area (Å²) in [6.45, 7) is 4.15. The molecule has 1 aromatic heterocycles. The van der Waals surface area contributed by atoms with E-state index in [0.29, 0.717) is 11.9 Å². The molecule has 2 rings (SSSR count). The van der Waals surface area contributed by atoms with Crippen molar-refractivity contribution >= 4 is 11.9 Å². The number of aromatic nitrogens is 3. The van der Waals surface area contributed by atoms with Gasteiger partial charge in [-0.05, 0) is 25.0 Å². The Morgan fingerprint density at radius 2 is 1.80 bits per heavy atom. The third-order valence-corrected chi connectivity index (χ3v) is 3.02. The van der Waals surface area contributed by atoms with E-state index >= 15 is 0 Å². The van der Waals surface area contributed by atoms with Crippen LogP contribution < -0.4 is 15.4 Å². The van der Waals surface area contributed by atoms with Crippen molar-refractivity contribution in [3.63, 3.8) is 0 Å². The summed E-state index contributed by atoms with van der Waals surface area (Å²) in [6.07, 6.45) is 0. The van der Waals surface area contributed by atoms with Crippen molar-refractivity contribution in [1.29, 1.82) is 0 Å². The van der Waals surface area contributed by atoms with Crippen molar-refractivity contribution in [2.24, 2.45) is 0 Å². The highest BCUT2D eigenvalue weighted by molar-refractivity contribution is 5.39. The summed E-state index contributed by atoms with van der Waals surface area (Å²) in [7, 11) is 3.28.